The molecule has 0 saturated carbocycles. The molecule has 0 spiro atoms. The highest BCUT2D eigenvalue weighted by molar-refractivity contribution is 5.81. The number of hydrogen-bond donors (Lipinski definition) is 2. The molecule has 0 aromatic rings. The van der Waals surface area contributed by atoms with Gasteiger partial charge in [-0.05, 0) is 12.8 Å². The van der Waals surface area contributed by atoms with E-state index in [1.165, 1.54) is 4.90 Å². The molecule has 1 saturated heterocycles. The second kappa shape index (κ2) is 7.24. The highest BCUT2D eigenvalue weighted by Gasteiger charge is 2.15. The summed E-state index contributed by atoms with van der Waals surface area (Å²) in [5, 5.41) is 5.74. The van der Waals surface area contributed by atoms with Gasteiger partial charge in [0.15, 0.2) is 0 Å². The summed E-state index contributed by atoms with van der Waals surface area (Å²) in [6.45, 7) is 1.78. The van der Waals surface area contributed by atoms with Crippen LogP contribution < -0.4 is 10.6 Å². The summed E-state index contributed by atoms with van der Waals surface area (Å²) in [7, 11) is 3.37. The maximum absolute atomic E-state index is 11.5. The maximum atomic E-state index is 11.5. The van der Waals surface area contributed by atoms with Crippen LogP contribution in [0.3, 0.4) is 0 Å². The minimum Gasteiger partial charge on any atom is -0.381 e. The molecule has 0 aromatic carbocycles. The third kappa shape index (κ3) is 5.65. The smallest absolute Gasteiger partial charge is 0.236 e. The molecule has 1 aliphatic heterocycles. The van der Waals surface area contributed by atoms with E-state index in [4.69, 9.17) is 4.74 Å². The van der Waals surface area contributed by atoms with E-state index in [0.29, 0.717) is 13.2 Å². The largest absolute Gasteiger partial charge is 0.381 e. The Labute approximate surface area is 102 Å². The second-order valence-electron chi connectivity index (χ2n) is 4.35. The van der Waals surface area contributed by atoms with Crippen LogP contribution in [0.4, 0.5) is 0 Å². The van der Waals surface area contributed by atoms with Crippen molar-refractivity contribution in [1.29, 1.82) is 0 Å². The minimum absolute atomic E-state index is 0.0381. The van der Waals surface area contributed by atoms with E-state index in [1.807, 2.05) is 0 Å². The van der Waals surface area contributed by atoms with E-state index in [0.717, 1.165) is 12.8 Å². The van der Waals surface area contributed by atoms with Crippen LogP contribution in [0.15, 0.2) is 0 Å². The van der Waals surface area contributed by atoms with Gasteiger partial charge in [0.25, 0.3) is 0 Å². The number of hydrogen-bond acceptors (Lipinski definition) is 4. The first kappa shape index (κ1) is 13.9. The van der Waals surface area contributed by atoms with E-state index < -0.39 is 0 Å². The van der Waals surface area contributed by atoms with Crippen molar-refractivity contribution < 1.29 is 14.3 Å². The van der Waals surface area contributed by atoms with Gasteiger partial charge in [-0.15, -0.1) is 0 Å². The Morgan fingerprint density at radius 1 is 1.24 bits per heavy atom. The first-order valence-electron chi connectivity index (χ1n) is 5.87. The van der Waals surface area contributed by atoms with E-state index in [9.17, 15) is 9.59 Å². The van der Waals surface area contributed by atoms with Crippen LogP contribution in [0.25, 0.3) is 0 Å². The molecule has 1 fully saturated rings. The van der Waals surface area contributed by atoms with Crippen LogP contribution in [-0.2, 0) is 14.3 Å². The first-order chi connectivity index (χ1) is 8.09. The predicted octanol–water partition coefficient (Wildman–Crippen LogP) is -1.04. The van der Waals surface area contributed by atoms with Gasteiger partial charge in [-0.3, -0.25) is 14.9 Å². The molecular formula is C11H21N3O3. The molecule has 2 N–H and O–H groups in total. The van der Waals surface area contributed by atoms with Gasteiger partial charge in [0.1, 0.15) is 0 Å². The zero-order valence-corrected chi connectivity index (χ0v) is 10.5. The van der Waals surface area contributed by atoms with Crippen molar-refractivity contribution in [3.05, 3.63) is 0 Å². The predicted molar refractivity (Wildman–Crippen MR) is 63.5 cm³/mol. The summed E-state index contributed by atoms with van der Waals surface area (Å²) in [5.41, 5.74) is 0. The SMILES string of the molecule is CN(C)C(=O)CNCC(=O)NC1CCOCC1. The molecule has 0 atom stereocenters. The number of likely N-dealkylation sites (N-methyl/N-ethyl adjacent to an activating group) is 1. The zero-order chi connectivity index (χ0) is 12.7. The Morgan fingerprint density at radius 3 is 2.47 bits per heavy atom. The van der Waals surface area contributed by atoms with Crippen molar-refractivity contribution in [1.82, 2.24) is 15.5 Å². The third-order valence-corrected chi connectivity index (χ3v) is 2.65. The molecule has 0 radical (unpaired) electrons. The van der Waals surface area contributed by atoms with Gasteiger partial charge >= 0.3 is 0 Å². The molecule has 1 aliphatic rings. The normalized spacial score (nSPS) is 16.6. The van der Waals surface area contributed by atoms with Gasteiger partial charge in [0.2, 0.25) is 11.8 Å². The van der Waals surface area contributed by atoms with Crippen molar-refractivity contribution >= 4 is 11.8 Å². The Morgan fingerprint density at radius 2 is 1.88 bits per heavy atom. The van der Waals surface area contributed by atoms with Crippen molar-refractivity contribution in [2.45, 2.75) is 18.9 Å². The number of carbonyl (C=O) groups is 2. The first-order valence-corrected chi connectivity index (χ1v) is 5.87. The number of nitrogens with zero attached hydrogens (tertiary/aromatic N) is 1. The average molecular weight is 243 g/mol. The molecule has 0 bridgehead atoms. The van der Waals surface area contributed by atoms with Gasteiger partial charge in [-0.25, -0.2) is 0 Å². The minimum atomic E-state index is -0.0662. The molecule has 17 heavy (non-hydrogen) atoms. The van der Waals surface area contributed by atoms with Gasteiger partial charge < -0.3 is 15.0 Å². The van der Waals surface area contributed by atoms with Crippen LogP contribution >= 0.6 is 0 Å². The average Bonchev–Trinajstić information content (AvgIpc) is 2.30. The fourth-order valence-corrected chi connectivity index (χ4v) is 1.56. The van der Waals surface area contributed by atoms with Crippen LogP contribution in [0.1, 0.15) is 12.8 Å². The molecule has 0 aromatic heterocycles. The quantitative estimate of drug-likeness (QED) is 0.647. The summed E-state index contributed by atoms with van der Waals surface area (Å²) in [6.07, 6.45) is 1.73. The fourth-order valence-electron chi connectivity index (χ4n) is 1.56. The number of ether oxygens (including phenoxy) is 1. The lowest BCUT2D eigenvalue weighted by Gasteiger charge is -2.23. The molecule has 6 heteroatoms. The van der Waals surface area contributed by atoms with Crippen LogP contribution in [-0.4, -0.2) is 63.2 Å². The van der Waals surface area contributed by atoms with Crippen LogP contribution in [0.2, 0.25) is 0 Å². The fraction of sp³-hybridized carbons (Fsp3) is 0.818. The molecule has 1 heterocycles. The van der Waals surface area contributed by atoms with E-state index in [2.05, 4.69) is 10.6 Å². The van der Waals surface area contributed by atoms with Crippen molar-refractivity contribution in [2.24, 2.45) is 0 Å². The van der Waals surface area contributed by atoms with Gasteiger partial charge in [-0.1, -0.05) is 0 Å². The van der Waals surface area contributed by atoms with Crippen molar-refractivity contribution in [3.8, 4) is 0 Å². The molecule has 6 nitrogen and oxygen atoms in total. The summed E-state index contributed by atoms with van der Waals surface area (Å²) in [5.74, 6) is -0.104. The summed E-state index contributed by atoms with van der Waals surface area (Å²) in [4.78, 5) is 24.2. The Kier molecular flexibility index (Phi) is 5.93. The Hall–Kier alpha value is -1.14. The van der Waals surface area contributed by atoms with E-state index in [-0.39, 0.29) is 30.9 Å². The Balaban J connectivity index is 2.10. The number of amides is 2. The standard InChI is InChI=1S/C11H21N3O3/c1-14(2)11(16)8-12-7-10(15)13-9-3-5-17-6-4-9/h9,12H,3-8H2,1-2H3,(H,13,15). The lowest BCUT2D eigenvalue weighted by molar-refractivity contribution is -0.127. The highest BCUT2D eigenvalue weighted by Crippen LogP contribution is 2.05. The topological polar surface area (TPSA) is 70.7 Å². The molecule has 0 aliphatic carbocycles. The molecular weight excluding hydrogens is 222 g/mol. The van der Waals surface area contributed by atoms with Crippen molar-refractivity contribution in [2.75, 3.05) is 40.4 Å². The highest BCUT2D eigenvalue weighted by atomic mass is 16.5. The van der Waals surface area contributed by atoms with Crippen LogP contribution in [0, 0.1) is 0 Å². The van der Waals surface area contributed by atoms with Gasteiger partial charge in [0, 0.05) is 33.4 Å². The number of rotatable bonds is 5. The summed E-state index contributed by atoms with van der Waals surface area (Å²) < 4.78 is 5.20. The lowest BCUT2D eigenvalue weighted by atomic mass is 10.1. The lowest BCUT2D eigenvalue weighted by Crippen LogP contribution is -2.44. The Bertz CT molecular complexity index is 263. The molecule has 98 valence electrons. The van der Waals surface area contributed by atoms with E-state index in [1.54, 1.807) is 14.1 Å². The second-order valence-corrected chi connectivity index (χ2v) is 4.35. The maximum Gasteiger partial charge on any atom is 0.236 e. The summed E-state index contributed by atoms with van der Waals surface area (Å²) in [6, 6.07) is 0.211. The van der Waals surface area contributed by atoms with E-state index >= 15 is 0 Å². The van der Waals surface area contributed by atoms with Gasteiger partial charge in [-0.2, -0.15) is 0 Å². The van der Waals surface area contributed by atoms with Gasteiger partial charge in [0.05, 0.1) is 13.1 Å². The summed E-state index contributed by atoms with van der Waals surface area (Å²) >= 11 is 0. The molecule has 1 rings (SSSR count). The number of carbonyl (C=O) groups excluding carboxylic acids is 2. The van der Waals surface area contributed by atoms with Crippen molar-refractivity contribution in [3.63, 3.8) is 0 Å². The monoisotopic (exact) mass is 243 g/mol. The zero-order valence-electron chi connectivity index (χ0n) is 10.5. The van der Waals surface area contributed by atoms with Crippen LogP contribution in [0.5, 0.6) is 0 Å². The number of nitrogens with one attached hydrogen (secondary N) is 2. The molecule has 2 amide bonds. The third-order valence-electron chi connectivity index (χ3n) is 2.65. The molecule has 0 unspecified atom stereocenters.